The van der Waals surface area contributed by atoms with Gasteiger partial charge in [-0.25, -0.2) is 9.67 Å². The molecule has 2 atom stereocenters. The van der Waals surface area contributed by atoms with Gasteiger partial charge in [-0.15, -0.1) is 5.10 Å². The summed E-state index contributed by atoms with van der Waals surface area (Å²) in [6.07, 6.45) is 3.50. The molecule has 2 aromatic carbocycles. The van der Waals surface area contributed by atoms with Gasteiger partial charge in [-0.05, 0) is 23.8 Å². The first-order chi connectivity index (χ1) is 15.6. The lowest BCUT2D eigenvalue weighted by molar-refractivity contribution is -0.377. The van der Waals surface area contributed by atoms with Crippen molar-refractivity contribution in [1.82, 2.24) is 14.8 Å². The number of aromatic nitrogens is 4. The number of rotatable bonds is 4. The Hall–Kier alpha value is -3.97. The molecule has 3 N–H and O–H groups in total. The largest absolute Gasteiger partial charge is 0.328 e. The number of nitrogens with zero attached hydrogens (tertiary/aromatic N) is 3. The summed E-state index contributed by atoms with van der Waals surface area (Å²) in [5, 5.41) is 11.5. The fraction of sp³-hybridized carbons (Fsp3) is 0.0833. The summed E-state index contributed by atoms with van der Waals surface area (Å²) in [4.78, 5) is 21.0. The van der Waals surface area contributed by atoms with Crippen LogP contribution in [0, 0.1) is 5.92 Å². The lowest BCUT2D eigenvalue weighted by Gasteiger charge is -2.33. The highest BCUT2D eigenvalue weighted by atomic mass is 35.5. The Morgan fingerprint density at radius 3 is 2.59 bits per heavy atom. The molecular weight excluding hydrogens is 424 g/mol. The lowest BCUT2D eigenvalue weighted by atomic mass is 9.88. The summed E-state index contributed by atoms with van der Waals surface area (Å²) in [6.45, 7) is 4.15. The van der Waals surface area contributed by atoms with Gasteiger partial charge in [0.25, 0.3) is 0 Å². The highest BCUT2D eigenvalue weighted by Crippen LogP contribution is 2.39. The van der Waals surface area contributed by atoms with Crippen LogP contribution in [0.15, 0.2) is 91.4 Å². The van der Waals surface area contributed by atoms with Crippen molar-refractivity contribution in [3.63, 3.8) is 0 Å². The third kappa shape index (κ3) is 3.74. The first kappa shape index (κ1) is 20.0. The highest BCUT2D eigenvalue weighted by molar-refractivity contribution is 6.30. The molecule has 0 bridgehead atoms. The zero-order valence-electron chi connectivity index (χ0n) is 17.0. The maximum Gasteiger partial charge on any atom is 0.236 e. The minimum atomic E-state index is -0.630. The number of H-pyrrole nitrogens is 1. The quantitative estimate of drug-likeness (QED) is 0.495. The summed E-state index contributed by atoms with van der Waals surface area (Å²) in [7, 11) is 0. The number of pyridine rings is 1. The minimum absolute atomic E-state index is 0.204. The number of fused-ring (bicyclic) bond motifs is 1. The molecule has 0 aliphatic carbocycles. The molecule has 5 rings (SSSR count). The van der Waals surface area contributed by atoms with Crippen molar-refractivity contribution in [3.05, 3.63) is 102 Å². The van der Waals surface area contributed by atoms with E-state index in [9.17, 15) is 4.79 Å². The van der Waals surface area contributed by atoms with Crippen LogP contribution in [0.1, 0.15) is 11.6 Å². The number of carbonyl (C=O) groups excluding carboxylic acids is 1. The van der Waals surface area contributed by atoms with Crippen LogP contribution in [-0.4, -0.2) is 20.7 Å². The molecular formula is C24H20ClN6O+. The number of anilines is 2. The van der Waals surface area contributed by atoms with Gasteiger partial charge in [0.05, 0.1) is 6.04 Å². The second kappa shape index (κ2) is 8.28. The number of halogens is 1. The van der Waals surface area contributed by atoms with Crippen LogP contribution in [0.5, 0.6) is 0 Å². The molecule has 32 heavy (non-hydrogen) atoms. The van der Waals surface area contributed by atoms with Gasteiger partial charge in [-0.2, -0.15) is 4.98 Å². The van der Waals surface area contributed by atoms with E-state index in [4.69, 9.17) is 16.7 Å². The molecule has 2 unspecified atom stereocenters. The minimum Gasteiger partial charge on any atom is -0.328 e. The van der Waals surface area contributed by atoms with Gasteiger partial charge in [0.2, 0.25) is 11.9 Å². The van der Waals surface area contributed by atoms with Crippen LogP contribution in [-0.2, 0) is 4.79 Å². The van der Waals surface area contributed by atoms with E-state index in [1.807, 2.05) is 54.6 Å². The van der Waals surface area contributed by atoms with Crippen LogP contribution in [0.2, 0.25) is 5.02 Å². The van der Waals surface area contributed by atoms with Crippen LogP contribution in [0.3, 0.4) is 0 Å². The molecule has 0 spiro atoms. The average Bonchev–Trinajstić information content (AvgIpc) is 3.23. The van der Waals surface area contributed by atoms with E-state index in [1.54, 1.807) is 29.2 Å². The summed E-state index contributed by atoms with van der Waals surface area (Å²) >= 11 is 6.12. The van der Waals surface area contributed by atoms with E-state index < -0.39 is 12.0 Å². The van der Waals surface area contributed by atoms with E-state index in [0.717, 1.165) is 11.1 Å². The molecule has 3 heterocycles. The number of hydrogen-bond acceptors (Lipinski definition) is 4. The molecule has 0 radical (unpaired) electrons. The molecule has 0 saturated heterocycles. The number of benzene rings is 2. The Kier molecular flexibility index (Phi) is 5.17. The molecule has 7 nitrogen and oxygen atoms in total. The summed E-state index contributed by atoms with van der Waals surface area (Å²) in [5.74, 6) is 0.267. The van der Waals surface area contributed by atoms with Crippen LogP contribution in [0.4, 0.5) is 11.6 Å². The van der Waals surface area contributed by atoms with Gasteiger partial charge in [-0.1, -0.05) is 60.6 Å². The number of nitrogens with one attached hydrogen (secondary N) is 3. The van der Waals surface area contributed by atoms with E-state index in [-0.39, 0.29) is 5.91 Å². The Bertz CT molecular complexity index is 1270. The van der Waals surface area contributed by atoms with Crippen molar-refractivity contribution in [3.8, 4) is 11.4 Å². The monoisotopic (exact) mass is 443 g/mol. The van der Waals surface area contributed by atoms with E-state index in [1.165, 1.54) is 0 Å². The highest BCUT2D eigenvalue weighted by Gasteiger charge is 2.40. The first-order valence-electron chi connectivity index (χ1n) is 10.1. The van der Waals surface area contributed by atoms with E-state index in [0.29, 0.717) is 28.2 Å². The predicted molar refractivity (Wildman–Crippen MR) is 123 cm³/mol. The van der Waals surface area contributed by atoms with Gasteiger partial charge < -0.3 is 10.6 Å². The average molecular weight is 444 g/mol. The van der Waals surface area contributed by atoms with E-state index >= 15 is 0 Å². The zero-order chi connectivity index (χ0) is 22.1. The Balaban J connectivity index is 1.59. The zero-order valence-corrected chi connectivity index (χ0v) is 17.8. The third-order valence-electron chi connectivity index (χ3n) is 5.36. The molecule has 1 aliphatic rings. The van der Waals surface area contributed by atoms with Crippen molar-refractivity contribution in [1.29, 1.82) is 0 Å². The van der Waals surface area contributed by atoms with Crippen molar-refractivity contribution in [2.45, 2.75) is 6.04 Å². The summed E-state index contributed by atoms with van der Waals surface area (Å²) in [5.41, 5.74) is 2.97. The van der Waals surface area contributed by atoms with Crippen LogP contribution in [0.25, 0.3) is 11.4 Å². The molecule has 1 aliphatic heterocycles. The van der Waals surface area contributed by atoms with Crippen LogP contribution < -0.4 is 15.6 Å². The predicted octanol–water partition coefficient (Wildman–Crippen LogP) is 4.20. The Morgan fingerprint density at radius 1 is 1.09 bits per heavy atom. The first-order valence-corrected chi connectivity index (χ1v) is 10.5. The van der Waals surface area contributed by atoms with E-state index in [2.05, 4.69) is 27.2 Å². The normalized spacial score (nSPS) is 17.3. The Labute approximate surface area is 189 Å². The fourth-order valence-corrected chi connectivity index (χ4v) is 3.98. The maximum atomic E-state index is 13.4. The second-order valence-electron chi connectivity index (χ2n) is 7.48. The maximum absolute atomic E-state index is 13.4. The lowest BCUT2D eigenvalue weighted by Crippen LogP contribution is -2.39. The molecule has 158 valence electrons. The SMILES string of the molecule is C=C1Nc2nc(-c3ccccc3)nn2C(c2ccc(Cl)cc2)C1C(=O)Nc1ccc[nH+]c1. The molecule has 4 aromatic rings. The number of aromatic amines is 1. The molecule has 0 saturated carbocycles. The Morgan fingerprint density at radius 2 is 1.88 bits per heavy atom. The summed E-state index contributed by atoms with van der Waals surface area (Å²) in [6, 6.07) is 20.3. The van der Waals surface area contributed by atoms with Gasteiger partial charge in [0.15, 0.2) is 18.2 Å². The molecule has 2 aromatic heterocycles. The molecule has 0 fully saturated rings. The van der Waals surface area contributed by atoms with Gasteiger partial charge in [0, 0.05) is 22.3 Å². The van der Waals surface area contributed by atoms with Gasteiger partial charge in [-0.3, -0.25) is 4.79 Å². The topological polar surface area (TPSA) is 86.0 Å². The third-order valence-corrected chi connectivity index (χ3v) is 5.61. The van der Waals surface area contributed by atoms with Gasteiger partial charge >= 0.3 is 0 Å². The van der Waals surface area contributed by atoms with Gasteiger partial charge in [0.1, 0.15) is 11.6 Å². The number of amides is 1. The number of hydrogen-bond donors (Lipinski definition) is 2. The smallest absolute Gasteiger partial charge is 0.236 e. The standard InChI is InChI=1S/C24H19ClN6O/c1-15-20(23(32)28-19-8-5-13-26-14-19)21(16-9-11-18(25)12-10-16)31-24(27-15)29-22(30-31)17-6-3-2-4-7-17/h2-14,20-21H,1H2,(H,28,32)(H,27,29,30)/p+1. The number of carbonyl (C=O) groups is 1. The van der Waals surface area contributed by atoms with Crippen molar-refractivity contribution in [2.24, 2.45) is 5.92 Å². The van der Waals surface area contributed by atoms with Crippen molar-refractivity contribution >= 4 is 29.1 Å². The van der Waals surface area contributed by atoms with Crippen LogP contribution >= 0.6 is 11.6 Å². The fourth-order valence-electron chi connectivity index (χ4n) is 3.85. The molecule has 1 amide bonds. The van der Waals surface area contributed by atoms with Crippen molar-refractivity contribution in [2.75, 3.05) is 10.6 Å². The summed E-state index contributed by atoms with van der Waals surface area (Å²) < 4.78 is 1.75. The molecule has 8 heteroatoms. The van der Waals surface area contributed by atoms with Crippen molar-refractivity contribution < 1.29 is 9.78 Å². The second-order valence-corrected chi connectivity index (χ2v) is 7.91.